The Hall–Kier alpha value is -3.98. The number of ether oxygens (including phenoxy) is 3. The predicted octanol–water partition coefficient (Wildman–Crippen LogP) is 3.12. The fraction of sp³-hybridized carbons (Fsp3) is 0.259. The summed E-state index contributed by atoms with van der Waals surface area (Å²) in [5.41, 5.74) is 2.05. The molecule has 0 spiro atoms. The first-order valence-corrected chi connectivity index (χ1v) is 12.4. The van der Waals surface area contributed by atoms with Crippen molar-refractivity contribution in [3.63, 3.8) is 0 Å². The summed E-state index contributed by atoms with van der Waals surface area (Å²) in [4.78, 5) is 43.1. The third kappa shape index (κ3) is 5.01. The molecule has 2 heterocycles. The van der Waals surface area contributed by atoms with E-state index in [4.69, 9.17) is 14.2 Å². The molecule has 2 aromatic carbocycles. The van der Waals surface area contributed by atoms with Crippen molar-refractivity contribution in [2.24, 2.45) is 4.99 Å². The maximum absolute atomic E-state index is 13.7. The molecular weight excluding hydrogens is 480 g/mol. The van der Waals surface area contributed by atoms with E-state index in [1.54, 1.807) is 42.7 Å². The van der Waals surface area contributed by atoms with Gasteiger partial charge in [-0.2, -0.15) is 0 Å². The largest absolute Gasteiger partial charge is 0.490 e. The highest BCUT2D eigenvalue weighted by Gasteiger charge is 2.33. The molecule has 0 amide bonds. The second-order valence-corrected chi connectivity index (χ2v) is 8.95. The topological polar surface area (TPSA) is 96.2 Å². The van der Waals surface area contributed by atoms with Gasteiger partial charge in [0.25, 0.3) is 5.56 Å². The number of hydrogen-bond donors (Lipinski definition) is 0. The summed E-state index contributed by atoms with van der Waals surface area (Å²) in [7, 11) is 0. The lowest BCUT2D eigenvalue weighted by molar-refractivity contribution is -0.139. The van der Waals surface area contributed by atoms with Gasteiger partial charge in [0.05, 0.1) is 35.1 Å². The number of carbonyl (C=O) groups is 2. The Morgan fingerprint density at radius 3 is 2.50 bits per heavy atom. The van der Waals surface area contributed by atoms with E-state index in [1.165, 1.54) is 18.3 Å². The van der Waals surface area contributed by atoms with Gasteiger partial charge in [0, 0.05) is 6.92 Å². The van der Waals surface area contributed by atoms with E-state index in [-0.39, 0.29) is 12.2 Å². The van der Waals surface area contributed by atoms with Crippen LogP contribution in [0, 0.1) is 0 Å². The van der Waals surface area contributed by atoms with Crippen LogP contribution in [-0.2, 0) is 14.3 Å². The molecule has 1 atom stereocenters. The number of benzene rings is 2. The van der Waals surface area contributed by atoms with E-state index >= 15 is 0 Å². The van der Waals surface area contributed by atoms with Crippen LogP contribution in [0.15, 0.2) is 69.6 Å². The molecule has 0 bridgehead atoms. The number of hydrogen-bond acceptors (Lipinski definition) is 8. The number of aromatic nitrogens is 1. The average molecular weight is 507 g/mol. The summed E-state index contributed by atoms with van der Waals surface area (Å²) in [5, 5.41) is 0. The molecule has 0 radical (unpaired) electrons. The molecule has 9 heteroatoms. The smallest absolute Gasteiger partial charge is 0.338 e. The Bertz CT molecular complexity index is 1520. The number of thiazole rings is 1. The van der Waals surface area contributed by atoms with Gasteiger partial charge in [-0.05, 0) is 50.1 Å². The molecule has 3 aromatic rings. The first-order valence-electron chi connectivity index (χ1n) is 11.5. The zero-order valence-corrected chi connectivity index (χ0v) is 21.3. The van der Waals surface area contributed by atoms with Gasteiger partial charge in [-0.3, -0.25) is 14.2 Å². The van der Waals surface area contributed by atoms with Gasteiger partial charge in [-0.1, -0.05) is 47.7 Å². The lowest BCUT2D eigenvalue weighted by atomic mass is 9.96. The van der Waals surface area contributed by atoms with Crippen molar-refractivity contribution in [2.45, 2.75) is 33.7 Å². The normalized spacial score (nSPS) is 15.2. The van der Waals surface area contributed by atoms with Crippen molar-refractivity contribution in [1.82, 2.24) is 4.57 Å². The first kappa shape index (κ1) is 25.1. The Labute approximate surface area is 211 Å². The van der Waals surface area contributed by atoms with Crippen molar-refractivity contribution in [3.05, 3.63) is 90.6 Å². The fourth-order valence-corrected chi connectivity index (χ4v) is 5.06. The van der Waals surface area contributed by atoms with Gasteiger partial charge >= 0.3 is 11.9 Å². The van der Waals surface area contributed by atoms with Crippen LogP contribution in [0.1, 0.15) is 44.9 Å². The fourth-order valence-electron chi connectivity index (χ4n) is 4.02. The van der Waals surface area contributed by atoms with Crippen LogP contribution in [0.4, 0.5) is 0 Å². The van der Waals surface area contributed by atoms with Crippen LogP contribution in [0.5, 0.6) is 11.5 Å². The van der Waals surface area contributed by atoms with E-state index in [0.29, 0.717) is 44.3 Å². The van der Waals surface area contributed by atoms with E-state index < -0.39 is 18.0 Å². The molecule has 4 rings (SSSR count). The van der Waals surface area contributed by atoms with Crippen molar-refractivity contribution < 1.29 is 23.8 Å². The molecule has 0 saturated carbocycles. The van der Waals surface area contributed by atoms with E-state index in [9.17, 15) is 14.4 Å². The van der Waals surface area contributed by atoms with Crippen LogP contribution in [-0.4, -0.2) is 29.7 Å². The number of rotatable bonds is 7. The van der Waals surface area contributed by atoms with Crippen LogP contribution in [0.3, 0.4) is 0 Å². The van der Waals surface area contributed by atoms with Crippen molar-refractivity contribution in [2.75, 3.05) is 13.2 Å². The summed E-state index contributed by atoms with van der Waals surface area (Å²) in [6, 6.07) is 13.8. The molecule has 186 valence electrons. The average Bonchev–Trinajstić information content (AvgIpc) is 3.14. The summed E-state index contributed by atoms with van der Waals surface area (Å²) < 4.78 is 18.1. The SMILES string of the molecule is CCOC(=O)C1=C(C)N=c2s/c(=C\c3ccc(OC(C)=O)c(OCC)c3)c(=O)n2[C@H]1c1ccccc1. The molecule has 36 heavy (non-hydrogen) atoms. The summed E-state index contributed by atoms with van der Waals surface area (Å²) in [6.07, 6.45) is 1.73. The number of carbonyl (C=O) groups excluding carboxylic acids is 2. The maximum atomic E-state index is 13.7. The van der Waals surface area contributed by atoms with Crippen molar-refractivity contribution >= 4 is 29.4 Å². The Morgan fingerprint density at radius 2 is 1.83 bits per heavy atom. The summed E-state index contributed by atoms with van der Waals surface area (Å²) in [6.45, 7) is 7.24. The number of esters is 2. The van der Waals surface area contributed by atoms with E-state index in [2.05, 4.69) is 4.99 Å². The third-order valence-electron chi connectivity index (χ3n) is 5.45. The monoisotopic (exact) mass is 506 g/mol. The third-order valence-corrected chi connectivity index (χ3v) is 6.43. The number of fused-ring (bicyclic) bond motifs is 1. The van der Waals surface area contributed by atoms with Crippen LogP contribution < -0.4 is 24.4 Å². The molecule has 1 aliphatic heterocycles. The second-order valence-electron chi connectivity index (χ2n) is 7.95. The summed E-state index contributed by atoms with van der Waals surface area (Å²) in [5.74, 6) is -0.242. The second kappa shape index (κ2) is 10.7. The number of nitrogens with zero attached hydrogens (tertiary/aromatic N) is 2. The maximum Gasteiger partial charge on any atom is 0.338 e. The molecule has 0 fully saturated rings. The van der Waals surface area contributed by atoms with Crippen LogP contribution >= 0.6 is 11.3 Å². The lowest BCUT2D eigenvalue weighted by Gasteiger charge is -2.24. The van der Waals surface area contributed by atoms with Gasteiger partial charge in [0.1, 0.15) is 0 Å². The minimum Gasteiger partial charge on any atom is -0.490 e. The molecule has 0 aliphatic carbocycles. The zero-order valence-electron chi connectivity index (χ0n) is 20.4. The van der Waals surface area contributed by atoms with Crippen molar-refractivity contribution in [3.8, 4) is 11.5 Å². The minimum absolute atomic E-state index is 0.215. The van der Waals surface area contributed by atoms with E-state index in [0.717, 1.165) is 5.56 Å². The van der Waals surface area contributed by atoms with Gasteiger partial charge in [-0.25, -0.2) is 9.79 Å². The van der Waals surface area contributed by atoms with Gasteiger partial charge in [-0.15, -0.1) is 0 Å². The van der Waals surface area contributed by atoms with Gasteiger partial charge in [0.15, 0.2) is 16.3 Å². The standard InChI is InChI=1S/C27H26N2O6S/c1-5-33-21-14-18(12-13-20(21)35-17(4)30)15-22-25(31)29-24(19-10-8-7-9-11-19)23(26(32)34-6-2)16(3)28-27(29)36-22/h7-15,24H,5-6H2,1-4H3/b22-15-/t24-/m0/s1. The van der Waals surface area contributed by atoms with Crippen LogP contribution in [0.25, 0.3) is 6.08 Å². The van der Waals surface area contributed by atoms with Gasteiger partial charge < -0.3 is 14.2 Å². The van der Waals surface area contributed by atoms with Gasteiger partial charge in [0.2, 0.25) is 0 Å². The molecule has 1 aliphatic rings. The molecule has 1 aromatic heterocycles. The zero-order chi connectivity index (χ0) is 25.8. The van der Waals surface area contributed by atoms with Crippen LogP contribution in [0.2, 0.25) is 0 Å². The van der Waals surface area contributed by atoms with E-state index in [1.807, 2.05) is 37.3 Å². The Morgan fingerprint density at radius 1 is 1.08 bits per heavy atom. The number of allylic oxidation sites excluding steroid dienone is 1. The molecule has 0 unspecified atom stereocenters. The summed E-state index contributed by atoms with van der Waals surface area (Å²) >= 11 is 1.24. The molecule has 0 N–H and O–H groups in total. The highest BCUT2D eigenvalue weighted by molar-refractivity contribution is 7.07. The quantitative estimate of drug-likeness (QED) is 0.361. The Kier molecular flexibility index (Phi) is 7.49. The minimum atomic E-state index is -0.658. The molecule has 0 saturated heterocycles. The lowest BCUT2D eigenvalue weighted by Crippen LogP contribution is -2.39. The van der Waals surface area contributed by atoms with Crippen molar-refractivity contribution in [1.29, 1.82) is 0 Å². The first-order chi connectivity index (χ1) is 17.3. The predicted molar refractivity (Wildman–Crippen MR) is 136 cm³/mol. The molecule has 8 nitrogen and oxygen atoms in total. The molecular formula is C27H26N2O6S. The Balaban J connectivity index is 1.87. The highest BCUT2D eigenvalue weighted by Crippen LogP contribution is 2.31. The highest BCUT2D eigenvalue weighted by atomic mass is 32.1.